The van der Waals surface area contributed by atoms with Gasteiger partial charge >= 0.3 is 16.2 Å². The monoisotopic (exact) mass is 408 g/mol. The lowest BCUT2D eigenvalue weighted by Gasteiger charge is -2.13. The molecule has 0 bridgehead atoms. The van der Waals surface area contributed by atoms with Gasteiger partial charge in [0.25, 0.3) is 0 Å². The summed E-state index contributed by atoms with van der Waals surface area (Å²) in [7, 11) is -1.03. The Morgan fingerprint density at radius 2 is 1.79 bits per heavy atom. The predicted octanol–water partition coefficient (Wildman–Crippen LogP) is 2.01. The molecule has 2 aliphatic heterocycles. The largest absolute Gasteiger partial charge is 0.454 e. The van der Waals surface area contributed by atoms with Crippen molar-refractivity contribution in [3.63, 3.8) is 0 Å². The molecule has 2 aromatic rings. The fourth-order valence-corrected chi connectivity index (χ4v) is 4.14. The van der Waals surface area contributed by atoms with Gasteiger partial charge < -0.3 is 20.1 Å². The minimum Gasteiger partial charge on any atom is -0.454 e. The number of benzene rings is 2. The summed E-state index contributed by atoms with van der Waals surface area (Å²) in [5.74, 6) is 0.490. The number of hydrogen-bond acceptors (Lipinski definition) is 5. The molecule has 0 spiro atoms. The van der Waals surface area contributed by atoms with E-state index in [4.69, 9.17) is 9.47 Å². The van der Waals surface area contributed by atoms with Gasteiger partial charge in [0.1, 0.15) is 5.82 Å². The van der Waals surface area contributed by atoms with Crippen LogP contribution in [-0.2, 0) is 16.8 Å². The topological polar surface area (TPSA) is 100 Å². The minimum absolute atomic E-state index is 0.126. The molecule has 28 heavy (non-hydrogen) atoms. The van der Waals surface area contributed by atoms with Gasteiger partial charge in [-0.15, -0.1) is 0 Å². The number of amides is 2. The van der Waals surface area contributed by atoms with Gasteiger partial charge in [0.05, 0.1) is 17.1 Å². The summed E-state index contributed by atoms with van der Waals surface area (Å²) >= 11 is 0. The number of anilines is 3. The Morgan fingerprint density at radius 3 is 2.54 bits per heavy atom. The van der Waals surface area contributed by atoms with Gasteiger partial charge in [0.15, 0.2) is 11.5 Å². The summed E-state index contributed by atoms with van der Waals surface area (Å²) in [6, 6.07) is 6.99. The molecule has 2 heterocycles. The first kappa shape index (κ1) is 18.2. The van der Waals surface area contributed by atoms with Crippen LogP contribution >= 0.6 is 0 Å². The van der Waals surface area contributed by atoms with Crippen LogP contribution in [-0.4, -0.2) is 35.3 Å². The highest BCUT2D eigenvalue weighted by Crippen LogP contribution is 2.41. The SMILES string of the molecule is CN1c2cc(F)c(NC(=O)NCc3ccc4c(c3)OCO4)cc2N(C)S1(=O)=O. The fourth-order valence-electron chi connectivity index (χ4n) is 2.98. The zero-order valence-electron chi connectivity index (χ0n) is 15.0. The summed E-state index contributed by atoms with van der Waals surface area (Å²) in [6.07, 6.45) is 0. The Morgan fingerprint density at radius 1 is 1.11 bits per heavy atom. The Hall–Kier alpha value is -3.21. The maximum absolute atomic E-state index is 14.4. The molecule has 148 valence electrons. The number of carbonyl (C=O) groups is 1. The number of urea groups is 1. The van der Waals surface area contributed by atoms with Crippen LogP contribution in [0.25, 0.3) is 0 Å². The molecule has 0 fully saturated rings. The van der Waals surface area contributed by atoms with Crippen molar-refractivity contribution in [3.8, 4) is 11.5 Å². The van der Waals surface area contributed by atoms with E-state index in [-0.39, 0.29) is 30.4 Å². The van der Waals surface area contributed by atoms with E-state index in [0.717, 1.165) is 20.2 Å². The first-order chi connectivity index (χ1) is 13.3. The molecule has 2 aliphatic rings. The van der Waals surface area contributed by atoms with Crippen molar-refractivity contribution in [2.75, 3.05) is 34.8 Å². The van der Waals surface area contributed by atoms with Gasteiger partial charge in [-0.25, -0.2) is 9.18 Å². The third-order valence-corrected chi connectivity index (χ3v) is 6.35. The van der Waals surface area contributed by atoms with E-state index in [1.807, 2.05) is 0 Å². The van der Waals surface area contributed by atoms with E-state index in [1.54, 1.807) is 18.2 Å². The van der Waals surface area contributed by atoms with Crippen molar-refractivity contribution >= 4 is 33.3 Å². The minimum atomic E-state index is -3.73. The zero-order chi connectivity index (χ0) is 20.1. The summed E-state index contributed by atoms with van der Waals surface area (Å²) < 4.78 is 51.2. The second-order valence-electron chi connectivity index (χ2n) is 6.26. The quantitative estimate of drug-likeness (QED) is 0.809. The highest BCUT2D eigenvalue weighted by molar-refractivity contribution is 7.94. The number of halogens is 1. The molecule has 11 heteroatoms. The highest BCUT2D eigenvalue weighted by atomic mass is 32.2. The van der Waals surface area contributed by atoms with Crippen molar-refractivity contribution in [1.29, 1.82) is 0 Å². The Balaban J connectivity index is 1.46. The second-order valence-corrected chi connectivity index (χ2v) is 8.25. The molecule has 0 radical (unpaired) electrons. The third kappa shape index (κ3) is 2.93. The standard InChI is InChI=1S/C17H17FN4O5S/c1-21-13-6-11(18)12(7-14(13)22(2)28(21,24)25)20-17(23)19-8-10-3-4-15-16(5-10)27-9-26-15/h3-7H,8-9H2,1-2H3,(H2,19,20,23). The van der Waals surface area contributed by atoms with E-state index in [1.165, 1.54) is 20.2 Å². The summed E-state index contributed by atoms with van der Waals surface area (Å²) in [6.45, 7) is 0.343. The number of rotatable bonds is 3. The summed E-state index contributed by atoms with van der Waals surface area (Å²) in [5.41, 5.74) is 1.13. The zero-order valence-corrected chi connectivity index (χ0v) is 15.8. The van der Waals surface area contributed by atoms with E-state index in [0.29, 0.717) is 11.5 Å². The van der Waals surface area contributed by atoms with Crippen LogP contribution in [0.2, 0.25) is 0 Å². The molecular weight excluding hydrogens is 391 g/mol. The lowest BCUT2D eigenvalue weighted by atomic mass is 10.2. The third-order valence-electron chi connectivity index (χ3n) is 4.57. The molecule has 0 saturated carbocycles. The van der Waals surface area contributed by atoms with Crippen LogP contribution in [0.3, 0.4) is 0 Å². The van der Waals surface area contributed by atoms with Gasteiger partial charge in [0.2, 0.25) is 6.79 Å². The maximum atomic E-state index is 14.4. The number of carbonyl (C=O) groups excluding carboxylic acids is 1. The smallest absolute Gasteiger partial charge is 0.326 e. The normalized spacial score (nSPS) is 16.1. The predicted molar refractivity (Wildman–Crippen MR) is 101 cm³/mol. The van der Waals surface area contributed by atoms with Crippen LogP contribution in [0.4, 0.5) is 26.2 Å². The van der Waals surface area contributed by atoms with Crippen molar-refractivity contribution in [3.05, 3.63) is 41.7 Å². The van der Waals surface area contributed by atoms with E-state index in [9.17, 15) is 17.6 Å². The molecule has 4 rings (SSSR count). The lowest BCUT2D eigenvalue weighted by molar-refractivity contribution is 0.174. The average Bonchev–Trinajstić information content (AvgIpc) is 3.19. The van der Waals surface area contributed by atoms with Gasteiger partial charge in [0, 0.05) is 26.7 Å². The molecular formula is C17H17FN4O5S. The van der Waals surface area contributed by atoms with Crippen molar-refractivity contribution in [2.24, 2.45) is 0 Å². The van der Waals surface area contributed by atoms with Crippen LogP contribution in [0.1, 0.15) is 5.56 Å². The second kappa shape index (κ2) is 6.44. The van der Waals surface area contributed by atoms with Crippen LogP contribution in [0.5, 0.6) is 11.5 Å². The number of nitrogens with zero attached hydrogens (tertiary/aromatic N) is 2. The lowest BCUT2D eigenvalue weighted by Crippen LogP contribution is -2.32. The first-order valence-electron chi connectivity index (χ1n) is 8.27. The first-order valence-corrected chi connectivity index (χ1v) is 9.67. The average molecular weight is 408 g/mol. The van der Waals surface area contributed by atoms with Crippen molar-refractivity contribution < 1.29 is 27.1 Å². The van der Waals surface area contributed by atoms with E-state index >= 15 is 0 Å². The van der Waals surface area contributed by atoms with E-state index < -0.39 is 22.1 Å². The summed E-state index contributed by atoms with van der Waals surface area (Å²) in [5, 5.41) is 5.02. The molecule has 0 aromatic heterocycles. The number of hydrogen-bond donors (Lipinski definition) is 2. The number of ether oxygens (including phenoxy) is 2. The molecule has 2 N–H and O–H groups in total. The Bertz CT molecular complexity index is 1080. The summed E-state index contributed by atoms with van der Waals surface area (Å²) in [4.78, 5) is 12.2. The molecule has 9 nitrogen and oxygen atoms in total. The van der Waals surface area contributed by atoms with Gasteiger partial charge in [-0.2, -0.15) is 8.42 Å². The molecule has 0 unspecified atom stereocenters. The molecule has 0 aliphatic carbocycles. The Kier molecular flexibility index (Phi) is 4.18. The molecule has 2 aromatic carbocycles. The number of nitrogens with one attached hydrogen (secondary N) is 2. The van der Waals surface area contributed by atoms with Crippen LogP contribution < -0.4 is 28.7 Å². The van der Waals surface area contributed by atoms with Gasteiger partial charge in [-0.1, -0.05) is 6.07 Å². The molecule has 0 atom stereocenters. The van der Waals surface area contributed by atoms with E-state index in [2.05, 4.69) is 10.6 Å². The molecule has 0 saturated heterocycles. The van der Waals surface area contributed by atoms with Gasteiger partial charge in [-0.3, -0.25) is 8.61 Å². The van der Waals surface area contributed by atoms with Crippen molar-refractivity contribution in [2.45, 2.75) is 6.54 Å². The van der Waals surface area contributed by atoms with Gasteiger partial charge in [-0.05, 0) is 23.8 Å². The fraction of sp³-hybridized carbons (Fsp3) is 0.235. The maximum Gasteiger partial charge on any atom is 0.326 e. The van der Waals surface area contributed by atoms with Crippen LogP contribution in [0, 0.1) is 5.82 Å². The number of fused-ring (bicyclic) bond motifs is 2. The molecule has 2 amide bonds. The van der Waals surface area contributed by atoms with Crippen molar-refractivity contribution in [1.82, 2.24) is 5.32 Å². The Labute approximate surface area is 160 Å². The van der Waals surface area contributed by atoms with Crippen LogP contribution in [0.15, 0.2) is 30.3 Å². The highest BCUT2D eigenvalue weighted by Gasteiger charge is 2.36.